The van der Waals surface area contributed by atoms with E-state index in [0.717, 1.165) is 5.56 Å². The second kappa shape index (κ2) is 6.91. The van der Waals surface area contributed by atoms with Crippen molar-refractivity contribution in [1.29, 1.82) is 0 Å². The molecule has 2 rings (SSSR count). The van der Waals surface area contributed by atoms with Gasteiger partial charge in [-0.15, -0.1) is 0 Å². The molecule has 0 bridgehead atoms. The highest BCUT2D eigenvalue weighted by atomic mass is 35.5. The molecule has 0 aliphatic heterocycles. The number of nitrogens with zero attached hydrogens (tertiary/aromatic N) is 1. The zero-order valence-corrected chi connectivity index (χ0v) is 11.8. The number of aromatic nitrogens is 1. The van der Waals surface area contributed by atoms with Gasteiger partial charge in [-0.3, -0.25) is 9.78 Å². The van der Waals surface area contributed by atoms with Crippen LogP contribution in [0.4, 0.5) is 0 Å². The fourth-order valence-electron chi connectivity index (χ4n) is 1.62. The van der Waals surface area contributed by atoms with Crippen LogP contribution in [0.1, 0.15) is 12.5 Å². The number of para-hydroxylation sites is 1. The average molecular weight is 291 g/mol. The minimum atomic E-state index is -0.614. The van der Waals surface area contributed by atoms with Crippen molar-refractivity contribution in [2.45, 2.75) is 19.6 Å². The summed E-state index contributed by atoms with van der Waals surface area (Å²) < 4.78 is 5.54. The Morgan fingerprint density at radius 2 is 2.00 bits per heavy atom. The van der Waals surface area contributed by atoms with Crippen molar-refractivity contribution >= 4 is 17.5 Å². The van der Waals surface area contributed by atoms with E-state index in [2.05, 4.69) is 10.3 Å². The van der Waals surface area contributed by atoms with E-state index in [-0.39, 0.29) is 5.91 Å². The maximum absolute atomic E-state index is 11.9. The molecule has 1 aromatic heterocycles. The minimum Gasteiger partial charge on any atom is -0.479 e. The summed E-state index contributed by atoms with van der Waals surface area (Å²) in [5.74, 6) is 0.308. The van der Waals surface area contributed by atoms with Crippen LogP contribution in [0.5, 0.6) is 5.75 Å². The van der Waals surface area contributed by atoms with Gasteiger partial charge in [0.1, 0.15) is 5.75 Å². The van der Waals surface area contributed by atoms with E-state index in [1.165, 1.54) is 0 Å². The van der Waals surface area contributed by atoms with Crippen molar-refractivity contribution in [2.75, 3.05) is 0 Å². The van der Waals surface area contributed by atoms with E-state index in [0.29, 0.717) is 17.3 Å². The van der Waals surface area contributed by atoms with Crippen LogP contribution in [0.3, 0.4) is 0 Å². The SMILES string of the molecule is CC(Oc1ccccc1Cl)C(=O)NCc1ccncc1. The third-order valence-corrected chi connectivity index (χ3v) is 3.04. The summed E-state index contributed by atoms with van der Waals surface area (Å²) >= 11 is 5.98. The Bertz CT molecular complexity index is 575. The molecule has 0 aliphatic rings. The van der Waals surface area contributed by atoms with Crippen LogP contribution in [0.2, 0.25) is 5.02 Å². The van der Waals surface area contributed by atoms with Crippen molar-refractivity contribution in [3.05, 3.63) is 59.4 Å². The molecule has 0 radical (unpaired) electrons. The molecule has 104 valence electrons. The predicted octanol–water partition coefficient (Wildman–Crippen LogP) is 2.82. The van der Waals surface area contributed by atoms with Crippen molar-refractivity contribution < 1.29 is 9.53 Å². The third-order valence-electron chi connectivity index (χ3n) is 2.73. The second-order valence-electron chi connectivity index (χ2n) is 4.26. The van der Waals surface area contributed by atoms with Gasteiger partial charge >= 0.3 is 0 Å². The summed E-state index contributed by atoms with van der Waals surface area (Å²) in [6.07, 6.45) is 2.76. The van der Waals surface area contributed by atoms with Crippen molar-refractivity contribution in [3.63, 3.8) is 0 Å². The van der Waals surface area contributed by atoms with Crippen LogP contribution in [0, 0.1) is 0 Å². The normalized spacial score (nSPS) is 11.7. The minimum absolute atomic E-state index is 0.193. The first-order valence-electron chi connectivity index (χ1n) is 6.24. The van der Waals surface area contributed by atoms with E-state index >= 15 is 0 Å². The molecule has 0 spiro atoms. The van der Waals surface area contributed by atoms with Crippen LogP contribution in [-0.4, -0.2) is 17.0 Å². The van der Waals surface area contributed by atoms with E-state index in [1.807, 2.05) is 24.3 Å². The number of pyridine rings is 1. The van der Waals surface area contributed by atoms with Gasteiger partial charge in [0.25, 0.3) is 5.91 Å². The number of benzene rings is 1. The number of rotatable bonds is 5. The van der Waals surface area contributed by atoms with Gasteiger partial charge in [-0.2, -0.15) is 0 Å². The molecule has 20 heavy (non-hydrogen) atoms. The van der Waals surface area contributed by atoms with Crippen LogP contribution in [0.25, 0.3) is 0 Å². The summed E-state index contributed by atoms with van der Waals surface area (Å²) in [4.78, 5) is 15.9. The number of ether oxygens (including phenoxy) is 1. The second-order valence-corrected chi connectivity index (χ2v) is 4.67. The molecule has 4 nitrogen and oxygen atoms in total. The zero-order valence-electron chi connectivity index (χ0n) is 11.0. The van der Waals surface area contributed by atoms with Gasteiger partial charge in [0.2, 0.25) is 0 Å². The van der Waals surface area contributed by atoms with Crippen LogP contribution in [-0.2, 0) is 11.3 Å². The van der Waals surface area contributed by atoms with E-state index < -0.39 is 6.10 Å². The molecule has 1 N–H and O–H groups in total. The molecule has 5 heteroatoms. The standard InChI is InChI=1S/C15H15ClN2O2/c1-11(20-14-5-3-2-4-13(14)16)15(19)18-10-12-6-8-17-9-7-12/h2-9,11H,10H2,1H3,(H,18,19). The summed E-state index contributed by atoms with van der Waals surface area (Å²) in [5.41, 5.74) is 0.985. The Morgan fingerprint density at radius 1 is 1.30 bits per heavy atom. The van der Waals surface area contributed by atoms with Gasteiger partial charge in [0.05, 0.1) is 5.02 Å². The largest absolute Gasteiger partial charge is 0.479 e. The number of carbonyl (C=O) groups is 1. The maximum atomic E-state index is 11.9. The van der Waals surface area contributed by atoms with Crippen molar-refractivity contribution in [1.82, 2.24) is 10.3 Å². The Labute approximate surface area is 122 Å². The molecule has 0 saturated heterocycles. The van der Waals surface area contributed by atoms with Gasteiger partial charge < -0.3 is 10.1 Å². The van der Waals surface area contributed by atoms with Crippen LogP contribution < -0.4 is 10.1 Å². The average Bonchev–Trinajstić information content (AvgIpc) is 2.48. The summed E-state index contributed by atoms with van der Waals surface area (Å²) in [5, 5.41) is 3.29. The summed E-state index contributed by atoms with van der Waals surface area (Å²) in [6, 6.07) is 10.8. The molecule has 1 aromatic carbocycles. The van der Waals surface area contributed by atoms with Gasteiger partial charge in [-0.05, 0) is 36.8 Å². The Balaban J connectivity index is 1.88. The monoisotopic (exact) mass is 290 g/mol. The van der Waals surface area contributed by atoms with Gasteiger partial charge in [-0.25, -0.2) is 0 Å². The molecule has 1 amide bonds. The first-order valence-corrected chi connectivity index (χ1v) is 6.62. The highest BCUT2D eigenvalue weighted by Gasteiger charge is 2.15. The van der Waals surface area contributed by atoms with Crippen molar-refractivity contribution in [2.24, 2.45) is 0 Å². The Kier molecular flexibility index (Phi) is 4.96. The fourth-order valence-corrected chi connectivity index (χ4v) is 1.80. The first-order chi connectivity index (χ1) is 9.66. The summed E-state index contributed by atoms with van der Waals surface area (Å²) in [7, 11) is 0. The molecular formula is C15H15ClN2O2. The number of hydrogen-bond donors (Lipinski definition) is 1. The number of halogens is 1. The van der Waals surface area contributed by atoms with Crippen LogP contribution >= 0.6 is 11.6 Å². The van der Waals surface area contributed by atoms with Gasteiger partial charge in [-0.1, -0.05) is 23.7 Å². The Morgan fingerprint density at radius 3 is 2.70 bits per heavy atom. The zero-order chi connectivity index (χ0) is 14.4. The number of nitrogens with one attached hydrogen (secondary N) is 1. The molecule has 0 aliphatic carbocycles. The van der Waals surface area contributed by atoms with E-state index in [4.69, 9.17) is 16.3 Å². The molecule has 1 atom stereocenters. The molecular weight excluding hydrogens is 276 g/mol. The van der Waals surface area contributed by atoms with Gasteiger partial charge in [0, 0.05) is 18.9 Å². The molecule has 1 heterocycles. The van der Waals surface area contributed by atoms with Crippen LogP contribution in [0.15, 0.2) is 48.8 Å². The molecule has 0 fully saturated rings. The predicted molar refractivity (Wildman–Crippen MR) is 77.6 cm³/mol. The smallest absolute Gasteiger partial charge is 0.261 e. The first kappa shape index (κ1) is 14.3. The number of carbonyl (C=O) groups excluding carboxylic acids is 1. The fraction of sp³-hybridized carbons (Fsp3) is 0.200. The van der Waals surface area contributed by atoms with E-state index in [1.54, 1.807) is 31.5 Å². The lowest BCUT2D eigenvalue weighted by atomic mass is 10.2. The lowest BCUT2D eigenvalue weighted by molar-refractivity contribution is -0.127. The van der Waals surface area contributed by atoms with Crippen molar-refractivity contribution in [3.8, 4) is 5.75 Å². The third kappa shape index (κ3) is 3.96. The summed E-state index contributed by atoms with van der Waals surface area (Å²) in [6.45, 7) is 2.13. The lowest BCUT2D eigenvalue weighted by Crippen LogP contribution is -2.35. The quantitative estimate of drug-likeness (QED) is 0.921. The molecule has 1 unspecified atom stereocenters. The number of hydrogen-bond acceptors (Lipinski definition) is 3. The highest BCUT2D eigenvalue weighted by molar-refractivity contribution is 6.32. The Hall–Kier alpha value is -2.07. The maximum Gasteiger partial charge on any atom is 0.261 e. The highest BCUT2D eigenvalue weighted by Crippen LogP contribution is 2.24. The molecule has 2 aromatic rings. The topological polar surface area (TPSA) is 51.2 Å². The van der Waals surface area contributed by atoms with Gasteiger partial charge in [0.15, 0.2) is 6.10 Å². The molecule has 0 saturated carbocycles. The van der Waals surface area contributed by atoms with E-state index in [9.17, 15) is 4.79 Å². The lowest BCUT2D eigenvalue weighted by Gasteiger charge is -2.15. The number of amides is 1.